The Labute approximate surface area is 157 Å². The van der Waals surface area contributed by atoms with Crippen molar-refractivity contribution in [2.45, 2.75) is 26.1 Å². The van der Waals surface area contributed by atoms with Gasteiger partial charge in [-0.25, -0.2) is 22.6 Å². The van der Waals surface area contributed by atoms with Crippen LogP contribution < -0.4 is 10.0 Å². The molecule has 0 aliphatic rings. The van der Waals surface area contributed by atoms with Gasteiger partial charge in [-0.15, -0.1) is 0 Å². The highest BCUT2D eigenvalue weighted by Crippen LogP contribution is 2.14. The van der Waals surface area contributed by atoms with Crippen LogP contribution in [0.5, 0.6) is 0 Å². The summed E-state index contributed by atoms with van der Waals surface area (Å²) in [5.41, 5.74) is 4.00. The van der Waals surface area contributed by atoms with Crippen LogP contribution in [-0.2, 0) is 22.3 Å². The van der Waals surface area contributed by atoms with E-state index in [2.05, 4.69) is 20.1 Å². The lowest BCUT2D eigenvalue weighted by Gasteiger charge is -2.12. The molecule has 2 aromatic heterocycles. The molecule has 0 aliphatic carbocycles. The summed E-state index contributed by atoms with van der Waals surface area (Å²) in [6.07, 6.45) is 1.53. The number of aromatic nitrogens is 3. The van der Waals surface area contributed by atoms with E-state index in [1.165, 1.54) is 13.2 Å². The van der Waals surface area contributed by atoms with Crippen molar-refractivity contribution in [1.82, 2.24) is 24.6 Å². The van der Waals surface area contributed by atoms with Crippen LogP contribution in [0.15, 0.2) is 36.5 Å². The zero-order valence-corrected chi connectivity index (χ0v) is 16.2. The molecule has 0 bridgehead atoms. The average molecular weight is 387 g/mol. The molecule has 9 heteroatoms. The Balaban J connectivity index is 1.80. The normalized spacial score (nSPS) is 11.7. The second kappa shape index (κ2) is 7.45. The number of nitrogens with zero attached hydrogens (tertiary/aromatic N) is 3. The van der Waals surface area contributed by atoms with Crippen molar-refractivity contribution in [3.63, 3.8) is 0 Å². The first-order valence-electron chi connectivity index (χ1n) is 8.39. The van der Waals surface area contributed by atoms with Gasteiger partial charge >= 0.3 is 0 Å². The minimum atomic E-state index is -3.40. The fourth-order valence-electron chi connectivity index (χ4n) is 2.80. The first kappa shape index (κ1) is 19.0. The molecule has 2 heterocycles. The lowest BCUT2D eigenvalue weighted by molar-refractivity contribution is 0.0949. The molecule has 0 unspecified atom stereocenters. The van der Waals surface area contributed by atoms with Gasteiger partial charge in [0.25, 0.3) is 5.91 Å². The highest BCUT2D eigenvalue weighted by atomic mass is 32.2. The van der Waals surface area contributed by atoms with Gasteiger partial charge in [0.15, 0.2) is 5.65 Å². The molecule has 0 saturated heterocycles. The zero-order chi connectivity index (χ0) is 19.6. The molecule has 0 fully saturated rings. The van der Waals surface area contributed by atoms with Crippen molar-refractivity contribution in [2.24, 2.45) is 0 Å². The van der Waals surface area contributed by atoms with E-state index >= 15 is 0 Å². The molecule has 142 valence electrons. The summed E-state index contributed by atoms with van der Waals surface area (Å²) >= 11 is 0. The van der Waals surface area contributed by atoms with E-state index in [1.54, 1.807) is 22.7 Å². The molecule has 0 aliphatic heterocycles. The van der Waals surface area contributed by atoms with Gasteiger partial charge in [0.05, 0.1) is 22.7 Å². The summed E-state index contributed by atoms with van der Waals surface area (Å²) in [7, 11) is -2.02. The van der Waals surface area contributed by atoms with Crippen LogP contribution in [0, 0.1) is 13.8 Å². The summed E-state index contributed by atoms with van der Waals surface area (Å²) in [5, 5.41) is 7.17. The lowest BCUT2D eigenvalue weighted by atomic mass is 10.1. The molecule has 0 spiro atoms. The molecule has 8 nitrogen and oxygen atoms in total. The van der Waals surface area contributed by atoms with Gasteiger partial charge in [-0.3, -0.25) is 4.79 Å². The topological polar surface area (TPSA) is 105 Å². The molecular formula is C18H21N5O3S. The van der Waals surface area contributed by atoms with Crippen molar-refractivity contribution in [3.8, 4) is 0 Å². The quantitative estimate of drug-likeness (QED) is 0.664. The number of carbonyl (C=O) groups is 1. The maximum atomic E-state index is 12.6. The van der Waals surface area contributed by atoms with E-state index in [-0.39, 0.29) is 18.2 Å². The van der Waals surface area contributed by atoms with Gasteiger partial charge in [0.1, 0.15) is 0 Å². The predicted molar refractivity (Wildman–Crippen MR) is 102 cm³/mol. The first-order chi connectivity index (χ1) is 12.8. The van der Waals surface area contributed by atoms with Gasteiger partial charge in [-0.1, -0.05) is 24.3 Å². The van der Waals surface area contributed by atoms with Crippen molar-refractivity contribution in [2.75, 3.05) is 7.05 Å². The molecule has 3 aromatic rings. The maximum Gasteiger partial charge on any atom is 0.254 e. The van der Waals surface area contributed by atoms with E-state index in [1.807, 2.05) is 26.0 Å². The summed E-state index contributed by atoms with van der Waals surface area (Å²) in [6.45, 7) is 3.89. The van der Waals surface area contributed by atoms with Crippen molar-refractivity contribution < 1.29 is 13.2 Å². The van der Waals surface area contributed by atoms with Gasteiger partial charge in [0.2, 0.25) is 10.0 Å². The molecule has 1 aromatic carbocycles. The monoisotopic (exact) mass is 387 g/mol. The van der Waals surface area contributed by atoms with E-state index in [0.29, 0.717) is 22.5 Å². The molecule has 0 saturated carbocycles. The van der Waals surface area contributed by atoms with Crippen LogP contribution in [0.1, 0.15) is 32.9 Å². The molecule has 3 rings (SSSR count). The number of nitrogens with one attached hydrogen (secondary N) is 2. The molecule has 2 N–H and O–H groups in total. The fraction of sp³-hybridized carbons (Fsp3) is 0.278. The third-order valence-corrected chi connectivity index (χ3v) is 5.62. The van der Waals surface area contributed by atoms with Crippen LogP contribution >= 0.6 is 0 Å². The van der Waals surface area contributed by atoms with Gasteiger partial charge < -0.3 is 5.32 Å². The molecule has 0 atom stereocenters. The zero-order valence-electron chi connectivity index (χ0n) is 15.4. The summed E-state index contributed by atoms with van der Waals surface area (Å²) in [4.78, 5) is 16.9. The van der Waals surface area contributed by atoms with E-state index in [0.717, 1.165) is 11.3 Å². The predicted octanol–water partition coefficient (Wildman–Crippen LogP) is 1.33. The molecule has 0 radical (unpaired) electrons. The lowest BCUT2D eigenvalue weighted by Crippen LogP contribution is -2.26. The fourth-order valence-corrected chi connectivity index (χ4v) is 3.64. The number of benzene rings is 1. The van der Waals surface area contributed by atoms with E-state index in [4.69, 9.17) is 0 Å². The summed E-state index contributed by atoms with van der Waals surface area (Å²) in [5.74, 6) is -0.435. The van der Waals surface area contributed by atoms with E-state index in [9.17, 15) is 13.2 Å². The Morgan fingerprint density at radius 3 is 2.59 bits per heavy atom. The number of sulfonamides is 1. The summed E-state index contributed by atoms with van der Waals surface area (Å²) < 4.78 is 27.6. The minimum Gasteiger partial charge on any atom is -0.348 e. The third kappa shape index (κ3) is 4.15. The Morgan fingerprint density at radius 2 is 1.89 bits per heavy atom. The molecular weight excluding hydrogens is 366 g/mol. The number of rotatable bonds is 6. The van der Waals surface area contributed by atoms with E-state index < -0.39 is 10.0 Å². The maximum absolute atomic E-state index is 12.6. The number of carbonyl (C=O) groups excluding carboxylic acids is 1. The Morgan fingerprint density at radius 1 is 1.19 bits per heavy atom. The summed E-state index contributed by atoms with van der Waals surface area (Å²) in [6, 6.07) is 8.96. The number of aryl methyl sites for hydroxylation is 2. The first-order valence-corrected chi connectivity index (χ1v) is 10.0. The van der Waals surface area contributed by atoms with Crippen molar-refractivity contribution in [3.05, 3.63) is 64.6 Å². The van der Waals surface area contributed by atoms with Crippen LogP contribution in [0.4, 0.5) is 0 Å². The third-order valence-electron chi connectivity index (χ3n) is 4.31. The Bertz CT molecular complexity index is 1110. The smallest absolute Gasteiger partial charge is 0.254 e. The minimum absolute atomic E-state index is 0.144. The molecule has 1 amide bonds. The average Bonchev–Trinajstić information content (AvgIpc) is 3.02. The Hall–Kier alpha value is -2.78. The molecule has 27 heavy (non-hydrogen) atoms. The van der Waals surface area contributed by atoms with Crippen molar-refractivity contribution in [1.29, 1.82) is 0 Å². The number of hydrogen-bond donors (Lipinski definition) is 2. The van der Waals surface area contributed by atoms with Crippen LogP contribution in [0.25, 0.3) is 5.65 Å². The van der Waals surface area contributed by atoms with Crippen LogP contribution in [-0.4, -0.2) is 36.0 Å². The number of hydrogen-bond acceptors (Lipinski definition) is 5. The largest absolute Gasteiger partial charge is 0.348 e. The van der Waals surface area contributed by atoms with Gasteiger partial charge in [-0.2, -0.15) is 5.10 Å². The van der Waals surface area contributed by atoms with Gasteiger partial charge in [-0.05, 0) is 32.0 Å². The van der Waals surface area contributed by atoms with Crippen LogP contribution in [0.3, 0.4) is 0 Å². The number of fused-ring (bicyclic) bond motifs is 1. The second-order valence-corrected chi connectivity index (χ2v) is 8.15. The number of amides is 1. The van der Waals surface area contributed by atoms with Crippen LogP contribution in [0.2, 0.25) is 0 Å². The Kier molecular flexibility index (Phi) is 5.24. The highest BCUT2D eigenvalue weighted by Gasteiger charge is 2.16. The van der Waals surface area contributed by atoms with Gasteiger partial charge in [0, 0.05) is 18.8 Å². The highest BCUT2D eigenvalue weighted by molar-refractivity contribution is 7.88. The van der Waals surface area contributed by atoms with Crippen molar-refractivity contribution >= 4 is 21.6 Å². The standard InChI is InChI=1S/C18H21N5O3S/c1-12-8-17-20-10-16(13(2)23(17)22-12)18(24)21-9-14-6-4-5-7-15(14)11-27(25,26)19-3/h4-8,10,19H,9,11H2,1-3H3,(H,21,24). The second-order valence-electron chi connectivity index (χ2n) is 6.23. The SMILES string of the molecule is CNS(=O)(=O)Cc1ccccc1CNC(=O)c1cnc2cc(C)nn2c1C.